The molecule has 6 nitrogen and oxygen atoms in total. The molecule has 200 valence electrons. The Morgan fingerprint density at radius 1 is 0.949 bits per heavy atom. The van der Waals surface area contributed by atoms with E-state index >= 15 is 0 Å². The summed E-state index contributed by atoms with van der Waals surface area (Å²) in [6, 6.07) is 27.9. The second kappa shape index (κ2) is 10.7. The number of aromatic nitrogens is 1. The van der Waals surface area contributed by atoms with Crippen LogP contribution in [0.25, 0.3) is 22.5 Å². The molecule has 0 unspecified atom stereocenters. The number of aryl methyl sites for hydroxylation is 1. The Hall–Kier alpha value is -3.90. The highest BCUT2D eigenvalue weighted by molar-refractivity contribution is 5.78. The van der Waals surface area contributed by atoms with Crippen molar-refractivity contribution >= 4 is 11.7 Å². The summed E-state index contributed by atoms with van der Waals surface area (Å²) in [7, 11) is 0. The van der Waals surface area contributed by atoms with Gasteiger partial charge >= 0.3 is 5.97 Å². The maximum atomic E-state index is 11.3. The molecule has 3 aromatic carbocycles. The van der Waals surface area contributed by atoms with Crippen molar-refractivity contribution in [2.75, 3.05) is 18.0 Å². The predicted octanol–water partition coefficient (Wildman–Crippen LogP) is 6.58. The first kappa shape index (κ1) is 25.4. The molecule has 2 fully saturated rings. The van der Waals surface area contributed by atoms with Crippen LogP contribution < -0.4 is 10.2 Å². The normalized spacial score (nSPS) is 16.6. The van der Waals surface area contributed by atoms with Gasteiger partial charge in [0.15, 0.2) is 5.76 Å². The number of hydrogen-bond donors (Lipinski definition) is 2. The molecule has 0 amide bonds. The Bertz CT molecular complexity index is 1420. The molecule has 0 spiro atoms. The lowest BCUT2D eigenvalue weighted by molar-refractivity contribution is -0.137. The summed E-state index contributed by atoms with van der Waals surface area (Å²) in [6.07, 6.45) is 4.27. The molecule has 4 aromatic rings. The van der Waals surface area contributed by atoms with Crippen molar-refractivity contribution in [3.8, 4) is 22.5 Å². The molecule has 1 aliphatic carbocycles. The summed E-state index contributed by atoms with van der Waals surface area (Å²) >= 11 is 0. The first-order valence-electron chi connectivity index (χ1n) is 13.9. The van der Waals surface area contributed by atoms with Crippen LogP contribution >= 0.6 is 0 Å². The predicted molar refractivity (Wildman–Crippen MR) is 154 cm³/mol. The summed E-state index contributed by atoms with van der Waals surface area (Å²) < 4.78 is 5.97. The number of carboxylic acid groups (broad SMARTS) is 1. The highest BCUT2D eigenvalue weighted by Gasteiger charge is 2.45. The fraction of sp³-hybridized carbons (Fsp3) is 0.333. The van der Waals surface area contributed by atoms with Gasteiger partial charge in [0.1, 0.15) is 11.4 Å². The van der Waals surface area contributed by atoms with Crippen LogP contribution in [0, 0.1) is 6.92 Å². The van der Waals surface area contributed by atoms with Crippen LogP contribution in [0.1, 0.15) is 48.9 Å². The van der Waals surface area contributed by atoms with Gasteiger partial charge in [0.2, 0.25) is 0 Å². The minimum Gasteiger partial charge on any atom is -0.481 e. The number of aliphatic carboxylic acids is 1. The van der Waals surface area contributed by atoms with E-state index in [0.29, 0.717) is 6.04 Å². The number of benzene rings is 3. The lowest BCUT2D eigenvalue weighted by atomic mass is 9.91. The summed E-state index contributed by atoms with van der Waals surface area (Å²) in [6.45, 7) is 4.88. The smallest absolute Gasteiger partial charge is 0.304 e. The van der Waals surface area contributed by atoms with E-state index in [1.807, 2.05) is 6.92 Å². The molecule has 39 heavy (non-hydrogen) atoms. The van der Waals surface area contributed by atoms with Crippen molar-refractivity contribution < 1.29 is 14.4 Å². The van der Waals surface area contributed by atoms with E-state index < -0.39 is 5.97 Å². The molecule has 1 saturated heterocycles. The van der Waals surface area contributed by atoms with Crippen LogP contribution in [0.3, 0.4) is 0 Å². The molecular formula is C33H35N3O3. The van der Waals surface area contributed by atoms with Gasteiger partial charge in [-0.05, 0) is 68.0 Å². The zero-order chi connectivity index (χ0) is 26.8. The molecule has 1 aromatic heterocycles. The van der Waals surface area contributed by atoms with Crippen LogP contribution in [0.15, 0.2) is 83.4 Å². The molecule has 1 aliphatic heterocycles. The Morgan fingerprint density at radius 3 is 2.18 bits per heavy atom. The summed E-state index contributed by atoms with van der Waals surface area (Å²) in [5.41, 5.74) is 7.47. The van der Waals surface area contributed by atoms with Crippen molar-refractivity contribution in [2.45, 2.75) is 57.0 Å². The number of piperidine rings is 1. The Labute approximate surface area is 229 Å². The third-order valence-electron chi connectivity index (χ3n) is 8.38. The SMILES string of the molecule is Cc1noc(-c2ccc(-c3ccc(C4(CC(=O)O)CC4)cc3)cc2)c1N(Cc1ccccc1)C1CCNCC1. The van der Waals surface area contributed by atoms with Crippen molar-refractivity contribution in [3.63, 3.8) is 0 Å². The fourth-order valence-electron chi connectivity index (χ4n) is 6.02. The first-order valence-corrected chi connectivity index (χ1v) is 13.9. The second-order valence-corrected chi connectivity index (χ2v) is 11.0. The topological polar surface area (TPSA) is 78.6 Å². The molecule has 0 atom stereocenters. The molecule has 2 aliphatic rings. The number of carbonyl (C=O) groups is 1. The van der Waals surface area contributed by atoms with Crippen LogP contribution in [-0.2, 0) is 16.8 Å². The molecule has 1 saturated carbocycles. The third-order valence-corrected chi connectivity index (χ3v) is 8.38. The van der Waals surface area contributed by atoms with Gasteiger partial charge in [-0.1, -0.05) is 84.0 Å². The van der Waals surface area contributed by atoms with E-state index in [1.165, 1.54) is 5.56 Å². The average molecular weight is 522 g/mol. The van der Waals surface area contributed by atoms with E-state index in [0.717, 1.165) is 84.7 Å². The van der Waals surface area contributed by atoms with Crippen molar-refractivity contribution in [1.82, 2.24) is 10.5 Å². The van der Waals surface area contributed by atoms with Gasteiger partial charge in [0.05, 0.1) is 6.42 Å². The maximum Gasteiger partial charge on any atom is 0.304 e. The van der Waals surface area contributed by atoms with Crippen molar-refractivity contribution in [1.29, 1.82) is 0 Å². The molecule has 2 heterocycles. The molecule has 0 radical (unpaired) electrons. The second-order valence-electron chi connectivity index (χ2n) is 11.0. The number of carboxylic acids is 1. The van der Waals surface area contributed by atoms with Crippen molar-refractivity contribution in [2.24, 2.45) is 0 Å². The number of nitrogens with zero attached hydrogens (tertiary/aromatic N) is 2. The lowest BCUT2D eigenvalue weighted by Crippen LogP contribution is -2.43. The molecule has 2 N–H and O–H groups in total. The number of nitrogens with one attached hydrogen (secondary N) is 1. The third kappa shape index (κ3) is 5.34. The van der Waals surface area contributed by atoms with Crippen LogP contribution in [0.2, 0.25) is 0 Å². The number of anilines is 1. The number of hydrogen-bond acceptors (Lipinski definition) is 5. The minimum absolute atomic E-state index is 0.172. The van der Waals surface area contributed by atoms with Crippen LogP contribution in [0.5, 0.6) is 0 Å². The Kier molecular flexibility index (Phi) is 6.96. The van der Waals surface area contributed by atoms with Gasteiger partial charge in [-0.2, -0.15) is 0 Å². The highest BCUT2D eigenvalue weighted by Crippen LogP contribution is 2.51. The summed E-state index contributed by atoms with van der Waals surface area (Å²) in [5.74, 6) is 0.0879. The lowest BCUT2D eigenvalue weighted by Gasteiger charge is -2.36. The Balaban J connectivity index is 1.27. The van der Waals surface area contributed by atoms with E-state index in [1.54, 1.807) is 0 Å². The zero-order valence-corrected chi connectivity index (χ0v) is 22.4. The Morgan fingerprint density at radius 2 is 1.56 bits per heavy atom. The minimum atomic E-state index is -0.725. The van der Waals surface area contributed by atoms with E-state index in [4.69, 9.17) is 4.52 Å². The monoisotopic (exact) mass is 521 g/mol. The van der Waals surface area contributed by atoms with Crippen molar-refractivity contribution in [3.05, 3.63) is 95.7 Å². The van der Waals surface area contributed by atoms with Gasteiger partial charge in [-0.25, -0.2) is 0 Å². The maximum absolute atomic E-state index is 11.3. The highest BCUT2D eigenvalue weighted by atomic mass is 16.5. The molecule has 6 heteroatoms. The standard InChI is InChI=1S/C33H35N3O3/c1-23-31(36(29-15-19-34-20-16-29)22-24-5-3-2-4-6-24)32(39-35-23)27-9-7-25(8-10-27)26-11-13-28(14-12-26)33(17-18-33)21-30(37)38/h2-14,29,34H,15-22H2,1H3,(H,37,38). The first-order chi connectivity index (χ1) is 19.0. The van der Waals surface area contributed by atoms with E-state index in [2.05, 4.69) is 94.2 Å². The number of rotatable bonds is 9. The average Bonchev–Trinajstić information content (AvgIpc) is 3.65. The van der Waals surface area contributed by atoms with Crippen LogP contribution in [0.4, 0.5) is 5.69 Å². The van der Waals surface area contributed by atoms with Gasteiger partial charge in [0.25, 0.3) is 0 Å². The van der Waals surface area contributed by atoms with E-state index in [9.17, 15) is 9.90 Å². The fourth-order valence-corrected chi connectivity index (χ4v) is 6.02. The summed E-state index contributed by atoms with van der Waals surface area (Å²) in [4.78, 5) is 13.8. The molecular weight excluding hydrogens is 486 g/mol. The van der Waals surface area contributed by atoms with Gasteiger partial charge in [-0.3, -0.25) is 4.79 Å². The molecule has 0 bridgehead atoms. The van der Waals surface area contributed by atoms with Gasteiger partial charge < -0.3 is 19.8 Å². The largest absolute Gasteiger partial charge is 0.481 e. The zero-order valence-electron chi connectivity index (χ0n) is 22.4. The van der Waals surface area contributed by atoms with E-state index in [-0.39, 0.29) is 11.8 Å². The molecule has 6 rings (SSSR count). The van der Waals surface area contributed by atoms with Gasteiger partial charge in [0, 0.05) is 23.6 Å². The van der Waals surface area contributed by atoms with Gasteiger partial charge in [-0.15, -0.1) is 0 Å². The summed E-state index contributed by atoms with van der Waals surface area (Å²) in [5, 5.41) is 17.2. The van der Waals surface area contributed by atoms with Crippen LogP contribution in [-0.4, -0.2) is 35.4 Å². The quantitative estimate of drug-likeness (QED) is 0.259.